The van der Waals surface area contributed by atoms with Crippen LogP contribution in [0.3, 0.4) is 0 Å². The smallest absolute Gasteiger partial charge is 0.157 e. The first-order valence-electron chi connectivity index (χ1n) is 3.00. The number of hydrogen-bond donors (Lipinski definition) is 0. The Labute approximate surface area is 61.1 Å². The van der Waals surface area contributed by atoms with Crippen molar-refractivity contribution >= 4 is 6.29 Å². The molecule has 0 rings (SSSR count). The van der Waals surface area contributed by atoms with Crippen LogP contribution in [-0.2, 0) is 4.79 Å². The van der Waals surface area contributed by atoms with E-state index >= 15 is 0 Å². The number of aldehydes is 1. The first-order valence-corrected chi connectivity index (χ1v) is 3.00. The van der Waals surface area contributed by atoms with Crippen molar-refractivity contribution in [2.24, 2.45) is 0 Å². The minimum Gasteiger partial charge on any atom is -0.297 e. The minimum absolute atomic E-state index is 0.530. The van der Waals surface area contributed by atoms with Crippen LogP contribution in [0.2, 0.25) is 0 Å². The van der Waals surface area contributed by atoms with Gasteiger partial charge in [-0.15, -0.1) is 5.73 Å². The highest BCUT2D eigenvalue weighted by Crippen LogP contribution is 1.88. The molecule has 0 bridgehead atoms. The van der Waals surface area contributed by atoms with Crippen molar-refractivity contribution < 1.29 is 4.79 Å². The summed E-state index contributed by atoms with van der Waals surface area (Å²) in [5, 5.41) is 0. The van der Waals surface area contributed by atoms with Gasteiger partial charge in [-0.3, -0.25) is 4.79 Å². The monoisotopic (exact) mass is 134 g/mol. The molecule has 0 aromatic rings. The molecular weight excluding hydrogens is 124 g/mol. The molecular formula is C9H10O. The van der Waals surface area contributed by atoms with Crippen LogP contribution in [0, 0.1) is 0 Å². The average molecular weight is 134 g/mol. The lowest BCUT2D eigenvalue weighted by Gasteiger charge is -1.77. The van der Waals surface area contributed by atoms with Gasteiger partial charge in [-0.25, -0.2) is 0 Å². The van der Waals surface area contributed by atoms with Gasteiger partial charge in [0.2, 0.25) is 0 Å². The lowest BCUT2D eigenvalue weighted by Crippen LogP contribution is -1.73. The summed E-state index contributed by atoms with van der Waals surface area (Å²) in [7, 11) is 0. The largest absolute Gasteiger partial charge is 0.297 e. The van der Waals surface area contributed by atoms with Crippen molar-refractivity contribution in [2.45, 2.75) is 6.92 Å². The van der Waals surface area contributed by atoms with E-state index in [0.717, 1.165) is 6.29 Å². The normalized spacial score (nSPS) is 8.50. The van der Waals surface area contributed by atoms with Crippen LogP contribution in [0.15, 0.2) is 42.2 Å². The minimum atomic E-state index is 0.530. The van der Waals surface area contributed by atoms with Crippen molar-refractivity contribution in [2.75, 3.05) is 0 Å². The molecule has 0 atom stereocenters. The molecule has 0 aliphatic rings. The molecule has 0 saturated carbocycles. The lowest BCUT2D eigenvalue weighted by atomic mass is 10.3. The second-order valence-corrected chi connectivity index (χ2v) is 1.62. The second kappa shape index (κ2) is 5.80. The molecule has 0 spiro atoms. The molecule has 0 saturated heterocycles. The number of rotatable bonds is 3. The van der Waals surface area contributed by atoms with Gasteiger partial charge in [-0.05, 0) is 19.1 Å². The first-order chi connectivity index (χ1) is 4.85. The molecule has 0 aromatic heterocycles. The molecule has 0 aliphatic heterocycles. The summed E-state index contributed by atoms with van der Waals surface area (Å²) in [5.41, 5.74) is 3.27. The van der Waals surface area contributed by atoms with E-state index in [9.17, 15) is 4.79 Å². The van der Waals surface area contributed by atoms with Crippen molar-refractivity contribution in [3.05, 3.63) is 42.2 Å². The van der Waals surface area contributed by atoms with Crippen LogP contribution in [0.4, 0.5) is 0 Å². The second-order valence-electron chi connectivity index (χ2n) is 1.62. The molecule has 1 nitrogen and oxygen atoms in total. The third kappa shape index (κ3) is 3.65. The predicted octanol–water partition coefficient (Wildman–Crippen LogP) is 2.03. The zero-order valence-corrected chi connectivity index (χ0v) is 6.00. The first kappa shape index (κ1) is 8.67. The predicted molar refractivity (Wildman–Crippen MR) is 42.7 cm³/mol. The molecule has 0 aliphatic carbocycles. The fraction of sp³-hybridized carbons (Fsp3) is 0.111. The maximum Gasteiger partial charge on any atom is 0.157 e. The number of carbonyl (C=O) groups excluding carboxylic acids is 1. The van der Waals surface area contributed by atoms with Crippen molar-refractivity contribution in [3.63, 3.8) is 0 Å². The van der Waals surface area contributed by atoms with E-state index in [-0.39, 0.29) is 0 Å². The van der Waals surface area contributed by atoms with E-state index in [2.05, 4.69) is 12.3 Å². The SMILES string of the molecule is C=CC=C=C(C=O)/C=C\C. The van der Waals surface area contributed by atoms with Crippen LogP contribution in [0.1, 0.15) is 6.92 Å². The summed E-state index contributed by atoms with van der Waals surface area (Å²) in [6, 6.07) is 0. The summed E-state index contributed by atoms with van der Waals surface area (Å²) >= 11 is 0. The molecule has 10 heavy (non-hydrogen) atoms. The zero-order valence-electron chi connectivity index (χ0n) is 6.00. The van der Waals surface area contributed by atoms with Gasteiger partial charge in [0, 0.05) is 0 Å². The van der Waals surface area contributed by atoms with Gasteiger partial charge in [0.1, 0.15) is 0 Å². The third-order valence-corrected chi connectivity index (χ3v) is 0.841. The highest BCUT2D eigenvalue weighted by molar-refractivity contribution is 5.76. The van der Waals surface area contributed by atoms with Crippen LogP contribution < -0.4 is 0 Å². The highest BCUT2D eigenvalue weighted by atomic mass is 16.1. The van der Waals surface area contributed by atoms with Gasteiger partial charge >= 0.3 is 0 Å². The summed E-state index contributed by atoms with van der Waals surface area (Å²) < 4.78 is 0. The summed E-state index contributed by atoms with van der Waals surface area (Å²) in [5.74, 6) is 0. The van der Waals surface area contributed by atoms with Gasteiger partial charge in [0.15, 0.2) is 6.29 Å². The molecule has 0 amide bonds. The number of allylic oxidation sites excluding steroid dienone is 4. The Bertz CT molecular complexity index is 203. The quantitative estimate of drug-likeness (QED) is 0.250. The molecule has 0 N–H and O–H groups in total. The molecule has 0 heterocycles. The van der Waals surface area contributed by atoms with Gasteiger partial charge in [-0.2, -0.15) is 0 Å². The van der Waals surface area contributed by atoms with Crippen LogP contribution in [-0.4, -0.2) is 6.29 Å². The summed E-state index contributed by atoms with van der Waals surface area (Å²) in [6.45, 7) is 5.30. The number of carbonyl (C=O) groups is 1. The number of hydrogen-bond acceptors (Lipinski definition) is 1. The Hall–Kier alpha value is -1.33. The van der Waals surface area contributed by atoms with E-state index in [0.29, 0.717) is 5.57 Å². The van der Waals surface area contributed by atoms with Gasteiger partial charge < -0.3 is 0 Å². The Balaban J connectivity index is 4.47. The Kier molecular flexibility index (Phi) is 5.03. The Morgan fingerprint density at radius 2 is 2.30 bits per heavy atom. The lowest BCUT2D eigenvalue weighted by molar-refractivity contribution is -0.104. The van der Waals surface area contributed by atoms with Gasteiger partial charge in [0.05, 0.1) is 5.57 Å². The van der Waals surface area contributed by atoms with Crippen molar-refractivity contribution in [1.82, 2.24) is 0 Å². The van der Waals surface area contributed by atoms with E-state index in [1.807, 2.05) is 6.92 Å². The van der Waals surface area contributed by atoms with Gasteiger partial charge in [0.25, 0.3) is 0 Å². The van der Waals surface area contributed by atoms with Crippen LogP contribution in [0.25, 0.3) is 0 Å². The molecule has 0 radical (unpaired) electrons. The van der Waals surface area contributed by atoms with E-state index in [1.54, 1.807) is 24.3 Å². The standard InChI is InChI=1S/C9H10O/c1-3-5-7-9(8-10)6-4-2/h3-6,8H,1H2,2H3/b6-4-. The van der Waals surface area contributed by atoms with E-state index in [1.165, 1.54) is 0 Å². The summed E-state index contributed by atoms with van der Waals surface area (Å²) in [4.78, 5) is 10.2. The van der Waals surface area contributed by atoms with Crippen molar-refractivity contribution in [1.29, 1.82) is 0 Å². The molecule has 0 aromatic carbocycles. The Morgan fingerprint density at radius 3 is 2.70 bits per heavy atom. The zero-order chi connectivity index (χ0) is 7.82. The molecule has 52 valence electrons. The molecule has 1 heteroatoms. The van der Waals surface area contributed by atoms with E-state index in [4.69, 9.17) is 0 Å². The maximum absolute atomic E-state index is 10.2. The van der Waals surface area contributed by atoms with Crippen LogP contribution >= 0.6 is 0 Å². The molecule has 0 unspecified atom stereocenters. The molecule has 0 fully saturated rings. The maximum atomic E-state index is 10.2. The highest BCUT2D eigenvalue weighted by Gasteiger charge is 1.80. The fourth-order valence-corrected chi connectivity index (χ4v) is 0.456. The van der Waals surface area contributed by atoms with Gasteiger partial charge in [-0.1, -0.05) is 18.7 Å². The topological polar surface area (TPSA) is 17.1 Å². The fourth-order valence-electron chi connectivity index (χ4n) is 0.456. The average Bonchev–Trinajstić information content (AvgIpc) is 1.98. The van der Waals surface area contributed by atoms with Crippen LogP contribution in [0.5, 0.6) is 0 Å². The third-order valence-electron chi connectivity index (χ3n) is 0.841. The van der Waals surface area contributed by atoms with E-state index < -0.39 is 0 Å². The Morgan fingerprint density at radius 1 is 1.60 bits per heavy atom. The van der Waals surface area contributed by atoms with Crippen molar-refractivity contribution in [3.8, 4) is 0 Å². The summed E-state index contributed by atoms with van der Waals surface area (Å²) in [6.07, 6.45) is 7.40.